The Morgan fingerprint density at radius 3 is 1.00 bits per heavy atom. The van der Waals surface area contributed by atoms with Gasteiger partial charge in [-0.05, 0) is 0 Å². The molecule has 0 saturated carbocycles. The van der Waals surface area contributed by atoms with Gasteiger partial charge in [0.1, 0.15) is 0 Å². The van der Waals surface area contributed by atoms with Crippen molar-refractivity contribution in [3.63, 3.8) is 0 Å². The first-order valence-corrected chi connectivity index (χ1v) is 2.87. The maximum atomic E-state index is 8.74. The minimum atomic E-state index is -1.45. The third-order valence-corrected chi connectivity index (χ3v) is 1.13. The summed E-state index contributed by atoms with van der Waals surface area (Å²) in [5.74, 6) is 0. The van der Waals surface area contributed by atoms with E-state index in [0.717, 1.165) is 0 Å². The molecule has 98 valence electrons. The fourth-order valence-electron chi connectivity index (χ4n) is 0.728. The first-order valence-electron chi connectivity index (χ1n) is 2.87. The number of hydrogen-bond acceptors (Lipinski definition) is 7. The van der Waals surface area contributed by atoms with Gasteiger partial charge in [-0.3, -0.25) is 0 Å². The third-order valence-electron chi connectivity index (χ3n) is 1.13. The van der Waals surface area contributed by atoms with E-state index in [1.807, 2.05) is 0 Å². The first kappa shape index (κ1) is 31.0. The molecule has 0 unspecified atom stereocenters. The van der Waals surface area contributed by atoms with Crippen molar-refractivity contribution in [1.29, 1.82) is 0 Å². The van der Waals surface area contributed by atoms with Gasteiger partial charge in [-0.15, -0.1) is 0 Å². The molecule has 0 aromatic heterocycles. The third kappa shape index (κ3) is 9.02. The number of rotatable bonds is 0. The van der Waals surface area contributed by atoms with Crippen molar-refractivity contribution in [3.8, 4) is 0 Å². The van der Waals surface area contributed by atoms with Gasteiger partial charge in [0.15, 0.2) is 0 Å². The Hall–Kier alpha value is 1.42. The molecule has 2 aliphatic rings. The normalized spacial score (nSPS) is 15.9. The molecule has 12 nitrogen and oxygen atoms in total. The Kier molecular flexibility index (Phi) is 25.3. The molecule has 2 rings (SSSR count). The van der Waals surface area contributed by atoms with E-state index in [4.69, 9.17) is 10.0 Å². The van der Waals surface area contributed by atoms with E-state index in [9.17, 15) is 0 Å². The molecule has 2 saturated heterocycles. The summed E-state index contributed by atoms with van der Waals surface area (Å²) >= 11 is 0. The van der Waals surface area contributed by atoms with Gasteiger partial charge in [0.25, 0.3) is 0 Å². The SMILES string of the molecule is O.O.O.O.O.OB1OB2OB(O)OB(O1)O2.[KH]. The van der Waals surface area contributed by atoms with E-state index < -0.39 is 29.3 Å². The Balaban J connectivity index is -0.0000000800. The summed E-state index contributed by atoms with van der Waals surface area (Å²) in [6, 6.07) is 0. The van der Waals surface area contributed by atoms with Crippen LogP contribution < -0.4 is 0 Å². The fraction of sp³-hybridized carbons (Fsp3) is 0. The Morgan fingerprint density at radius 1 is 0.529 bits per heavy atom. The molecule has 0 aromatic rings. The quantitative estimate of drug-likeness (QED) is 0.406. The van der Waals surface area contributed by atoms with Crippen LogP contribution in [0.3, 0.4) is 0 Å². The van der Waals surface area contributed by atoms with Gasteiger partial charge >= 0.3 is 80.7 Å². The summed E-state index contributed by atoms with van der Waals surface area (Å²) in [7, 11) is -5.20. The van der Waals surface area contributed by atoms with Crippen LogP contribution in [-0.4, -0.2) is 118 Å². The summed E-state index contributed by atoms with van der Waals surface area (Å²) in [6.45, 7) is 0. The van der Waals surface area contributed by atoms with Gasteiger partial charge in [0.05, 0.1) is 0 Å². The van der Waals surface area contributed by atoms with Gasteiger partial charge in [-0.1, -0.05) is 0 Å². The van der Waals surface area contributed by atoms with Gasteiger partial charge in [0, 0.05) is 0 Å². The molecule has 0 amide bonds. The summed E-state index contributed by atoms with van der Waals surface area (Å²) < 4.78 is 22.6. The fourth-order valence-corrected chi connectivity index (χ4v) is 0.728. The second kappa shape index (κ2) is 13.8. The molecule has 12 N–H and O–H groups in total. The van der Waals surface area contributed by atoms with Crippen molar-refractivity contribution in [1.82, 2.24) is 0 Å². The monoisotopic (exact) mass is 288 g/mol. The molecule has 0 spiro atoms. The zero-order valence-electron chi connectivity index (χ0n) is 7.75. The van der Waals surface area contributed by atoms with Crippen LogP contribution in [-0.2, 0) is 22.9 Å². The van der Waals surface area contributed by atoms with E-state index in [1.165, 1.54) is 0 Å². The van der Waals surface area contributed by atoms with Crippen molar-refractivity contribution >= 4 is 80.7 Å². The Bertz CT molecular complexity index is 124. The molecule has 0 atom stereocenters. The van der Waals surface area contributed by atoms with E-state index in [0.29, 0.717) is 0 Å². The van der Waals surface area contributed by atoms with Gasteiger partial charge in [0.2, 0.25) is 0 Å². The van der Waals surface area contributed by atoms with Crippen molar-refractivity contribution < 1.29 is 60.3 Å². The molecule has 0 aromatic carbocycles. The summed E-state index contributed by atoms with van der Waals surface area (Å²) in [4.78, 5) is 0. The summed E-state index contributed by atoms with van der Waals surface area (Å²) in [5, 5.41) is 17.5. The topological polar surface area (TPSA) is 244 Å². The average Bonchev–Trinajstić information content (AvgIpc) is 1.82. The molecule has 0 aliphatic carbocycles. The number of hydrogen-bond donors (Lipinski definition) is 2. The predicted octanol–water partition coefficient (Wildman–Crippen LogP) is -7.75. The van der Waals surface area contributed by atoms with Crippen LogP contribution in [0.25, 0.3) is 0 Å². The van der Waals surface area contributed by atoms with Gasteiger partial charge in [-0.2, -0.15) is 0 Å². The standard InChI is InChI=1S/B4H2O7.K.5H2O.H/c5-1-7-3-9-2(6)10-4(8-1)11-3;;;;;;;/h5-6H;;5*1H2;. The summed E-state index contributed by atoms with van der Waals surface area (Å²) in [6.07, 6.45) is 0. The van der Waals surface area contributed by atoms with Crippen LogP contribution in [0.4, 0.5) is 0 Å². The second-order valence-corrected chi connectivity index (χ2v) is 1.87. The van der Waals surface area contributed by atoms with E-state index in [1.54, 1.807) is 0 Å². The molecular formula is H13B4KO12. The molecule has 0 radical (unpaired) electrons. The average molecular weight is 287 g/mol. The minimum absolute atomic E-state index is 0. The molecule has 2 heterocycles. The predicted molar refractivity (Wildman–Crippen MR) is 58.1 cm³/mol. The summed E-state index contributed by atoms with van der Waals surface area (Å²) in [5.41, 5.74) is 0. The van der Waals surface area contributed by atoms with Crippen LogP contribution in [0.2, 0.25) is 0 Å². The molecule has 2 bridgehead atoms. The first-order chi connectivity index (χ1) is 5.24. The van der Waals surface area contributed by atoms with E-state index in [2.05, 4.69) is 22.9 Å². The van der Waals surface area contributed by atoms with Crippen molar-refractivity contribution in [2.75, 3.05) is 0 Å². The molecular weight excluding hydrogens is 274 g/mol. The van der Waals surface area contributed by atoms with E-state index >= 15 is 0 Å². The van der Waals surface area contributed by atoms with Crippen molar-refractivity contribution in [3.05, 3.63) is 0 Å². The number of fused-ring (bicyclic) bond motifs is 2. The van der Waals surface area contributed by atoms with Crippen LogP contribution >= 0.6 is 0 Å². The Labute approximate surface area is 140 Å². The van der Waals surface area contributed by atoms with Crippen molar-refractivity contribution in [2.24, 2.45) is 0 Å². The van der Waals surface area contributed by atoms with Crippen LogP contribution in [0.15, 0.2) is 0 Å². The Morgan fingerprint density at radius 2 is 0.765 bits per heavy atom. The van der Waals surface area contributed by atoms with Crippen LogP contribution in [0, 0.1) is 0 Å². The zero-order valence-corrected chi connectivity index (χ0v) is 7.75. The molecule has 2 aliphatic heterocycles. The van der Waals surface area contributed by atoms with Gasteiger partial charge in [-0.25, -0.2) is 0 Å². The molecule has 2 fully saturated rings. The maximum absolute atomic E-state index is 8.74. The van der Waals surface area contributed by atoms with E-state index in [-0.39, 0.29) is 78.8 Å². The van der Waals surface area contributed by atoms with Gasteiger partial charge < -0.3 is 60.3 Å². The van der Waals surface area contributed by atoms with Crippen LogP contribution in [0.5, 0.6) is 0 Å². The zero-order chi connectivity index (χ0) is 7.84. The van der Waals surface area contributed by atoms with Crippen LogP contribution in [0.1, 0.15) is 0 Å². The molecule has 17 heteroatoms. The van der Waals surface area contributed by atoms with Crippen molar-refractivity contribution in [2.45, 2.75) is 0 Å². The molecule has 17 heavy (non-hydrogen) atoms. The second-order valence-electron chi connectivity index (χ2n) is 1.87.